The summed E-state index contributed by atoms with van der Waals surface area (Å²) in [5, 5.41) is 15.5. The molecule has 1 fully saturated rings. The molecule has 0 spiro atoms. The Labute approximate surface area is 181 Å². The molecule has 30 heavy (non-hydrogen) atoms. The van der Waals surface area contributed by atoms with Gasteiger partial charge < -0.3 is 14.9 Å². The van der Waals surface area contributed by atoms with Crippen LogP contribution in [0.2, 0.25) is 0 Å². The average molecular weight is 429 g/mol. The maximum atomic E-state index is 11.8. The van der Waals surface area contributed by atoms with E-state index >= 15 is 0 Å². The van der Waals surface area contributed by atoms with Crippen LogP contribution in [0.1, 0.15) is 61.5 Å². The van der Waals surface area contributed by atoms with Crippen LogP contribution in [-0.2, 0) is 11.2 Å². The van der Waals surface area contributed by atoms with Crippen LogP contribution >= 0.6 is 11.3 Å². The molecule has 3 heterocycles. The number of quaternary nitrogens is 1. The van der Waals surface area contributed by atoms with Gasteiger partial charge in [-0.15, -0.1) is 5.10 Å². The largest absolute Gasteiger partial charge is 0.492 e. The van der Waals surface area contributed by atoms with E-state index in [1.807, 2.05) is 11.8 Å². The summed E-state index contributed by atoms with van der Waals surface area (Å²) in [6.45, 7) is 11.2. The molecule has 0 unspecified atom stereocenters. The number of aryl methyl sites for hydroxylation is 1. The third kappa shape index (κ3) is 3.81. The Morgan fingerprint density at radius 1 is 1.20 bits per heavy atom. The molecule has 8 heteroatoms. The summed E-state index contributed by atoms with van der Waals surface area (Å²) in [7, 11) is 0. The maximum absolute atomic E-state index is 11.8. The Kier molecular flexibility index (Phi) is 5.79. The lowest BCUT2D eigenvalue weighted by molar-refractivity contribution is -0.929. The first kappa shape index (κ1) is 20.8. The number of nitrogens with zero attached hydrogens (tertiary/aromatic N) is 4. The van der Waals surface area contributed by atoms with E-state index in [2.05, 4.69) is 48.2 Å². The Morgan fingerprint density at radius 3 is 2.37 bits per heavy atom. The number of amides is 1. The van der Waals surface area contributed by atoms with Gasteiger partial charge in [-0.2, -0.15) is 4.52 Å². The number of piperazine rings is 1. The molecule has 1 aliphatic rings. The zero-order valence-electron chi connectivity index (χ0n) is 18.1. The van der Waals surface area contributed by atoms with Crippen LogP contribution in [0.5, 0.6) is 5.88 Å². The summed E-state index contributed by atoms with van der Waals surface area (Å²) < 4.78 is 1.57. The highest BCUT2D eigenvalue weighted by Gasteiger charge is 2.35. The van der Waals surface area contributed by atoms with Gasteiger partial charge in [0.25, 0.3) is 0 Å². The molecule has 160 valence electrons. The first-order chi connectivity index (χ1) is 14.4. The summed E-state index contributed by atoms with van der Waals surface area (Å²) in [6.07, 6.45) is 0.738. The number of nitrogens with one attached hydrogen (secondary N) is 1. The van der Waals surface area contributed by atoms with Crippen LogP contribution < -0.4 is 4.90 Å². The number of benzene rings is 1. The van der Waals surface area contributed by atoms with Crippen LogP contribution in [0.25, 0.3) is 4.96 Å². The van der Waals surface area contributed by atoms with Crippen molar-refractivity contribution in [3.63, 3.8) is 0 Å². The van der Waals surface area contributed by atoms with Gasteiger partial charge in [0.2, 0.25) is 16.7 Å². The molecule has 1 aliphatic heterocycles. The van der Waals surface area contributed by atoms with Gasteiger partial charge in [-0.3, -0.25) is 4.79 Å². The quantitative estimate of drug-likeness (QED) is 0.652. The minimum absolute atomic E-state index is 0.0149. The normalized spacial score (nSPS) is 16.5. The van der Waals surface area contributed by atoms with Gasteiger partial charge in [0.15, 0.2) is 11.9 Å². The Balaban J connectivity index is 1.73. The van der Waals surface area contributed by atoms with E-state index in [0.29, 0.717) is 5.92 Å². The van der Waals surface area contributed by atoms with Gasteiger partial charge in [-0.25, -0.2) is 4.98 Å². The van der Waals surface area contributed by atoms with Crippen molar-refractivity contribution in [3.05, 3.63) is 46.1 Å². The predicted octanol–water partition coefficient (Wildman–Crippen LogP) is 2.02. The number of aromatic nitrogens is 3. The van der Waals surface area contributed by atoms with Crippen LogP contribution in [0, 0.1) is 0 Å². The van der Waals surface area contributed by atoms with Crippen molar-refractivity contribution in [2.75, 3.05) is 26.2 Å². The van der Waals surface area contributed by atoms with Gasteiger partial charge in [0.1, 0.15) is 4.88 Å². The minimum atomic E-state index is -0.0149. The fraction of sp³-hybridized carbons (Fsp3) is 0.500. The van der Waals surface area contributed by atoms with E-state index in [0.717, 1.165) is 48.3 Å². The van der Waals surface area contributed by atoms with Gasteiger partial charge >= 0.3 is 0 Å². The van der Waals surface area contributed by atoms with Crippen molar-refractivity contribution in [2.24, 2.45) is 0 Å². The second-order valence-corrected chi connectivity index (χ2v) is 9.29. The molecule has 2 aromatic heterocycles. The van der Waals surface area contributed by atoms with Gasteiger partial charge in [0, 0.05) is 18.9 Å². The SMILES string of the molecule is CCc1nc2sc([C@@H](c3ccc(C(C)C)cc3)[NH+]3CCN(C(C)=O)CC3)c(O)n2n1. The lowest BCUT2D eigenvalue weighted by Gasteiger charge is -2.36. The fourth-order valence-corrected chi connectivity index (χ4v) is 5.33. The molecule has 7 nitrogen and oxygen atoms in total. The van der Waals surface area contributed by atoms with Crippen molar-refractivity contribution < 1.29 is 14.8 Å². The third-order valence-corrected chi connectivity index (χ3v) is 7.10. The summed E-state index contributed by atoms with van der Waals surface area (Å²) in [5.41, 5.74) is 2.47. The highest BCUT2D eigenvalue weighted by Crippen LogP contribution is 2.35. The van der Waals surface area contributed by atoms with Crippen LogP contribution in [0.4, 0.5) is 0 Å². The van der Waals surface area contributed by atoms with Crippen molar-refractivity contribution >= 4 is 22.2 Å². The molecular weight excluding hydrogens is 398 g/mol. The standard InChI is InChI=1S/C22H29N5O2S/c1-5-18-23-22-27(24-18)21(29)20(30-22)19(17-8-6-16(7-9-17)14(2)3)26-12-10-25(11-13-26)15(4)28/h6-9,14,19,29H,5,10-13H2,1-4H3/p+1/t19-/m1/s1. The molecule has 0 radical (unpaired) electrons. The first-order valence-electron chi connectivity index (χ1n) is 10.7. The van der Waals surface area contributed by atoms with E-state index < -0.39 is 0 Å². The Bertz CT molecular complexity index is 1030. The first-order valence-corrected chi connectivity index (χ1v) is 11.5. The highest BCUT2D eigenvalue weighted by atomic mass is 32.1. The van der Waals surface area contributed by atoms with Gasteiger partial charge in [-0.1, -0.05) is 56.4 Å². The predicted molar refractivity (Wildman–Crippen MR) is 117 cm³/mol. The van der Waals surface area contributed by atoms with E-state index in [9.17, 15) is 9.90 Å². The molecule has 0 aliphatic carbocycles. The van der Waals surface area contributed by atoms with E-state index in [-0.39, 0.29) is 17.8 Å². The number of rotatable bonds is 5. The summed E-state index contributed by atoms with van der Waals surface area (Å²) in [4.78, 5) is 21.2. The van der Waals surface area contributed by atoms with Crippen molar-refractivity contribution in [1.29, 1.82) is 0 Å². The minimum Gasteiger partial charge on any atom is -0.492 e. The smallest absolute Gasteiger partial charge is 0.235 e. The molecule has 3 aromatic rings. The zero-order valence-corrected chi connectivity index (χ0v) is 18.9. The number of aromatic hydroxyl groups is 1. The third-order valence-electron chi connectivity index (χ3n) is 6.02. The summed E-state index contributed by atoms with van der Waals surface area (Å²) in [6, 6.07) is 8.70. The molecule has 0 bridgehead atoms. The average Bonchev–Trinajstić information content (AvgIpc) is 3.28. The lowest BCUT2D eigenvalue weighted by atomic mass is 9.97. The Hall–Kier alpha value is -2.45. The summed E-state index contributed by atoms with van der Waals surface area (Å²) >= 11 is 1.51. The van der Waals surface area contributed by atoms with Gasteiger partial charge in [-0.05, 0) is 11.5 Å². The summed E-state index contributed by atoms with van der Waals surface area (Å²) in [5.74, 6) is 1.52. The fourth-order valence-electron chi connectivity index (χ4n) is 4.17. The second-order valence-electron chi connectivity index (χ2n) is 8.28. The van der Waals surface area contributed by atoms with Crippen molar-refractivity contribution in [3.8, 4) is 5.88 Å². The molecule has 4 rings (SSSR count). The number of hydrogen-bond donors (Lipinski definition) is 2. The number of fused-ring (bicyclic) bond motifs is 1. The zero-order chi connectivity index (χ0) is 21.4. The molecular formula is C22H30N5O2S+. The lowest BCUT2D eigenvalue weighted by Crippen LogP contribution is -3.15. The van der Waals surface area contributed by atoms with E-state index in [1.165, 1.54) is 27.4 Å². The number of thiazole rings is 1. The van der Waals surface area contributed by atoms with Gasteiger partial charge in [0.05, 0.1) is 26.2 Å². The second kappa shape index (κ2) is 8.35. The molecule has 1 aromatic carbocycles. The molecule has 1 atom stereocenters. The highest BCUT2D eigenvalue weighted by molar-refractivity contribution is 7.17. The Morgan fingerprint density at radius 2 is 1.83 bits per heavy atom. The number of carbonyl (C=O) groups is 1. The maximum Gasteiger partial charge on any atom is 0.235 e. The molecule has 2 N–H and O–H groups in total. The van der Waals surface area contributed by atoms with Crippen LogP contribution in [0.15, 0.2) is 24.3 Å². The topological polar surface area (TPSA) is 75.2 Å². The number of carbonyl (C=O) groups excluding carboxylic acids is 1. The van der Waals surface area contributed by atoms with Crippen LogP contribution in [0.3, 0.4) is 0 Å². The molecule has 1 amide bonds. The molecule has 0 saturated carbocycles. The van der Waals surface area contributed by atoms with E-state index in [1.54, 1.807) is 11.4 Å². The molecule has 1 saturated heterocycles. The number of hydrogen-bond acceptors (Lipinski definition) is 5. The monoisotopic (exact) mass is 428 g/mol. The van der Waals surface area contributed by atoms with Crippen molar-refractivity contribution in [1.82, 2.24) is 19.5 Å². The van der Waals surface area contributed by atoms with Crippen molar-refractivity contribution in [2.45, 2.75) is 46.1 Å². The van der Waals surface area contributed by atoms with E-state index in [4.69, 9.17) is 0 Å². The van der Waals surface area contributed by atoms with Crippen LogP contribution in [-0.4, -0.2) is 56.7 Å².